The number of nitrogens with two attached hydrogens (primary N) is 1. The third kappa shape index (κ3) is 8.22. The number of rotatable bonds is 12. The molecule has 0 aromatic carbocycles. The van der Waals surface area contributed by atoms with Crippen LogP contribution in [-0.4, -0.2) is 46.2 Å². The van der Waals surface area contributed by atoms with E-state index in [0.29, 0.717) is 18.0 Å². The minimum absolute atomic E-state index is 0.202. The number of nitrogens with zero attached hydrogens (tertiary/aromatic N) is 3. The van der Waals surface area contributed by atoms with Crippen LogP contribution in [0.2, 0.25) is 25.7 Å². The van der Waals surface area contributed by atoms with Crippen LogP contribution in [0, 0.1) is 6.92 Å². The highest BCUT2D eigenvalue weighted by atomic mass is 35.5. The van der Waals surface area contributed by atoms with Crippen molar-refractivity contribution in [2.45, 2.75) is 70.0 Å². The van der Waals surface area contributed by atoms with E-state index in [2.05, 4.69) is 48.5 Å². The highest BCUT2D eigenvalue weighted by Crippen LogP contribution is 2.27. The number of carbonyl (C=O) groups is 1. The zero-order valence-corrected chi connectivity index (χ0v) is 22.6. The van der Waals surface area contributed by atoms with Crippen molar-refractivity contribution in [1.29, 1.82) is 0 Å². The van der Waals surface area contributed by atoms with Gasteiger partial charge in [0.25, 0.3) is 5.91 Å². The van der Waals surface area contributed by atoms with Crippen molar-refractivity contribution in [3.63, 3.8) is 0 Å². The van der Waals surface area contributed by atoms with Gasteiger partial charge in [-0.25, -0.2) is 4.68 Å². The first kappa shape index (κ1) is 27.5. The number of alkyl halides is 2. The van der Waals surface area contributed by atoms with Gasteiger partial charge in [0.1, 0.15) is 11.6 Å². The Kier molecular flexibility index (Phi) is 10.1. The van der Waals surface area contributed by atoms with E-state index in [1.807, 2.05) is 17.7 Å². The Labute approximate surface area is 207 Å². The van der Waals surface area contributed by atoms with E-state index in [4.69, 9.17) is 33.7 Å². The van der Waals surface area contributed by atoms with E-state index in [-0.39, 0.29) is 12.3 Å². The molecule has 2 aromatic rings. The third-order valence-electron chi connectivity index (χ3n) is 5.18. The summed E-state index contributed by atoms with van der Waals surface area (Å²) in [5.41, 5.74) is 10.4. The summed E-state index contributed by atoms with van der Waals surface area (Å²) in [6.45, 7) is 16.0. The van der Waals surface area contributed by atoms with Crippen LogP contribution in [0.15, 0.2) is 30.5 Å². The van der Waals surface area contributed by atoms with Crippen molar-refractivity contribution >= 4 is 42.9 Å². The van der Waals surface area contributed by atoms with Crippen molar-refractivity contribution < 1.29 is 9.53 Å². The highest BCUT2D eigenvalue weighted by Gasteiger charge is 2.19. The highest BCUT2D eigenvalue weighted by molar-refractivity contribution is 6.76. The molecule has 182 valence electrons. The van der Waals surface area contributed by atoms with Crippen LogP contribution >= 0.6 is 23.2 Å². The molecule has 10 heteroatoms. The zero-order chi connectivity index (χ0) is 24.8. The Hall–Kier alpha value is -1.71. The quantitative estimate of drug-likeness (QED) is 0.178. The Balaban J connectivity index is 2.08. The molecular formula is C23H35Cl2N5O2Si. The number of halogens is 2. The van der Waals surface area contributed by atoms with Crippen molar-refractivity contribution in [3.05, 3.63) is 41.9 Å². The number of nitrogens with one attached hydrogen (secondary N) is 1. The lowest BCUT2D eigenvalue weighted by Crippen LogP contribution is -2.30. The number of pyridine rings is 1. The number of aromatic nitrogens is 3. The molecule has 2 aromatic heterocycles. The summed E-state index contributed by atoms with van der Waals surface area (Å²) in [6.07, 6.45) is 2.62. The first-order chi connectivity index (χ1) is 15.4. The standard InChI is InChI=1S/C23H35Cl2N5O2Si/c1-7-20-21(16(3)29-30(20)14-32-10-11-33(4,5)6)19-9-8-17(13-27-19)28-23(31)15(2)12-18(26)22(24)25/h8-9,13,18,22H,2,7,10-12,14,26H2,1,3-6H3,(H,28,31)/t18-/m0/s1. The second kappa shape index (κ2) is 12.1. The molecule has 0 aliphatic heterocycles. The third-order valence-corrected chi connectivity index (χ3v) is 7.53. The Morgan fingerprint density at radius 1 is 1.33 bits per heavy atom. The van der Waals surface area contributed by atoms with E-state index in [1.165, 1.54) is 0 Å². The van der Waals surface area contributed by atoms with Gasteiger partial charge in [-0.3, -0.25) is 9.78 Å². The van der Waals surface area contributed by atoms with E-state index in [0.717, 1.165) is 41.7 Å². The maximum absolute atomic E-state index is 12.4. The SMILES string of the molecule is C=C(C[C@H](N)C(Cl)Cl)C(=O)Nc1ccc(-c2c(C)nn(COCC[Si](C)(C)C)c2CC)nc1. The van der Waals surface area contributed by atoms with Gasteiger partial charge in [-0.15, -0.1) is 23.2 Å². The summed E-state index contributed by atoms with van der Waals surface area (Å²) in [7, 11) is -1.13. The van der Waals surface area contributed by atoms with Gasteiger partial charge in [0.2, 0.25) is 0 Å². The zero-order valence-electron chi connectivity index (χ0n) is 20.1. The van der Waals surface area contributed by atoms with Gasteiger partial charge in [-0.1, -0.05) is 33.1 Å². The van der Waals surface area contributed by atoms with Crippen molar-refractivity contribution in [3.8, 4) is 11.3 Å². The number of amides is 1. The number of ether oxygens (including phenoxy) is 1. The topological polar surface area (TPSA) is 95.1 Å². The monoisotopic (exact) mass is 511 g/mol. The van der Waals surface area contributed by atoms with Crippen LogP contribution in [0.4, 0.5) is 5.69 Å². The molecule has 0 aliphatic carbocycles. The summed E-state index contributed by atoms with van der Waals surface area (Å²) in [4.78, 5) is 16.2. The van der Waals surface area contributed by atoms with E-state index in [9.17, 15) is 4.79 Å². The molecule has 0 aliphatic rings. The molecule has 3 N–H and O–H groups in total. The molecule has 1 amide bonds. The number of hydrogen-bond donors (Lipinski definition) is 2. The molecular weight excluding hydrogens is 477 g/mol. The predicted molar refractivity (Wildman–Crippen MR) is 140 cm³/mol. The maximum Gasteiger partial charge on any atom is 0.251 e. The van der Waals surface area contributed by atoms with Gasteiger partial charge in [-0.2, -0.15) is 5.10 Å². The molecule has 1 atom stereocenters. The fourth-order valence-corrected chi connectivity index (χ4v) is 4.19. The Morgan fingerprint density at radius 2 is 2.03 bits per heavy atom. The van der Waals surface area contributed by atoms with E-state index < -0.39 is 19.0 Å². The summed E-state index contributed by atoms with van der Waals surface area (Å²) in [5.74, 6) is -0.345. The van der Waals surface area contributed by atoms with Gasteiger partial charge < -0.3 is 15.8 Å². The number of hydrogen-bond acceptors (Lipinski definition) is 5. The van der Waals surface area contributed by atoms with E-state index >= 15 is 0 Å². The fourth-order valence-electron chi connectivity index (χ4n) is 3.26. The minimum atomic E-state index is -1.13. The molecule has 0 spiro atoms. The number of anilines is 1. The molecule has 0 saturated heterocycles. The Bertz CT molecular complexity index is 955. The van der Waals surface area contributed by atoms with Gasteiger partial charge in [0.05, 0.1) is 29.0 Å². The molecule has 0 bridgehead atoms. The Morgan fingerprint density at radius 3 is 2.58 bits per heavy atom. The second-order valence-corrected chi connectivity index (χ2v) is 16.1. The first-order valence-electron chi connectivity index (χ1n) is 11.1. The minimum Gasteiger partial charge on any atom is -0.360 e. The normalized spacial score (nSPS) is 12.8. The van der Waals surface area contributed by atoms with Crippen LogP contribution in [0.3, 0.4) is 0 Å². The molecule has 0 saturated carbocycles. The summed E-state index contributed by atoms with van der Waals surface area (Å²) in [6, 6.07) is 4.24. The van der Waals surface area contributed by atoms with Gasteiger partial charge in [0.15, 0.2) is 0 Å². The molecule has 33 heavy (non-hydrogen) atoms. The molecule has 0 unspecified atom stereocenters. The number of aryl methyl sites for hydroxylation is 1. The summed E-state index contributed by atoms with van der Waals surface area (Å²) < 4.78 is 7.82. The van der Waals surface area contributed by atoms with Crippen LogP contribution < -0.4 is 11.1 Å². The van der Waals surface area contributed by atoms with Gasteiger partial charge in [-0.05, 0) is 37.9 Å². The lowest BCUT2D eigenvalue weighted by Gasteiger charge is -2.16. The molecule has 0 radical (unpaired) electrons. The van der Waals surface area contributed by atoms with Crippen LogP contribution in [0.1, 0.15) is 24.7 Å². The van der Waals surface area contributed by atoms with Crippen LogP contribution in [0.25, 0.3) is 11.3 Å². The van der Waals surface area contributed by atoms with Crippen molar-refractivity contribution in [2.24, 2.45) is 5.73 Å². The largest absolute Gasteiger partial charge is 0.360 e. The summed E-state index contributed by atoms with van der Waals surface area (Å²) >= 11 is 11.5. The lowest BCUT2D eigenvalue weighted by molar-refractivity contribution is -0.113. The molecule has 2 rings (SSSR count). The average Bonchev–Trinajstić information content (AvgIpc) is 3.06. The van der Waals surface area contributed by atoms with Gasteiger partial charge in [0, 0.05) is 31.9 Å². The maximum atomic E-state index is 12.4. The summed E-state index contributed by atoms with van der Waals surface area (Å²) in [5, 5.41) is 7.46. The number of carbonyl (C=O) groups excluding carboxylic acids is 1. The smallest absolute Gasteiger partial charge is 0.251 e. The van der Waals surface area contributed by atoms with Crippen LogP contribution in [0.5, 0.6) is 0 Å². The predicted octanol–water partition coefficient (Wildman–Crippen LogP) is 5.14. The van der Waals surface area contributed by atoms with Crippen LogP contribution in [-0.2, 0) is 22.7 Å². The fraction of sp³-hybridized carbons (Fsp3) is 0.522. The van der Waals surface area contributed by atoms with Crippen molar-refractivity contribution in [1.82, 2.24) is 14.8 Å². The second-order valence-electron chi connectivity index (χ2n) is 9.30. The molecule has 7 nitrogen and oxygen atoms in total. The molecule has 0 fully saturated rings. The van der Waals surface area contributed by atoms with Gasteiger partial charge >= 0.3 is 0 Å². The lowest BCUT2D eigenvalue weighted by atomic mass is 10.1. The van der Waals surface area contributed by atoms with Crippen molar-refractivity contribution in [2.75, 3.05) is 11.9 Å². The average molecular weight is 513 g/mol. The first-order valence-corrected chi connectivity index (χ1v) is 15.6. The van der Waals surface area contributed by atoms with E-state index in [1.54, 1.807) is 12.3 Å². The molecule has 2 heterocycles.